The first kappa shape index (κ1) is 24.4. The highest BCUT2D eigenvalue weighted by molar-refractivity contribution is 6.15. The van der Waals surface area contributed by atoms with Crippen molar-refractivity contribution in [1.29, 1.82) is 0 Å². The van der Waals surface area contributed by atoms with Crippen LogP contribution in [0.5, 0.6) is 0 Å². The Hall–Kier alpha value is -4.69. The number of hydrogen-bond donors (Lipinski definition) is 4. The van der Waals surface area contributed by atoms with Gasteiger partial charge in [0, 0.05) is 46.3 Å². The number of benzene rings is 4. The molecule has 5 N–H and O–H groups in total. The number of amides is 1. The number of primary amides is 1. The van der Waals surface area contributed by atoms with Crippen LogP contribution < -0.4 is 11.1 Å². The van der Waals surface area contributed by atoms with E-state index in [1.54, 1.807) is 12.1 Å². The molecule has 0 spiro atoms. The van der Waals surface area contributed by atoms with Crippen LogP contribution >= 0.6 is 0 Å². The molecule has 0 aliphatic heterocycles. The van der Waals surface area contributed by atoms with Gasteiger partial charge in [0.05, 0.1) is 27.6 Å². The van der Waals surface area contributed by atoms with E-state index in [2.05, 4.69) is 33.1 Å². The number of imidazole rings is 1. The molecule has 0 radical (unpaired) electrons. The Labute approximate surface area is 229 Å². The molecule has 8 heteroatoms. The summed E-state index contributed by atoms with van der Waals surface area (Å²) in [4.78, 5) is 20.4. The van der Waals surface area contributed by atoms with Crippen molar-refractivity contribution in [2.24, 2.45) is 11.7 Å². The van der Waals surface area contributed by atoms with E-state index < -0.39 is 5.91 Å². The Morgan fingerprint density at radius 1 is 1.05 bits per heavy atom. The molecule has 1 aliphatic carbocycles. The summed E-state index contributed by atoms with van der Waals surface area (Å²) < 4.78 is 16.1. The Balaban J connectivity index is 1.43. The van der Waals surface area contributed by atoms with Crippen molar-refractivity contribution >= 4 is 44.4 Å². The zero-order chi connectivity index (χ0) is 27.4. The Morgan fingerprint density at radius 2 is 1.90 bits per heavy atom. The maximum absolute atomic E-state index is 13.9. The molecule has 1 saturated carbocycles. The van der Waals surface area contributed by atoms with Crippen molar-refractivity contribution in [3.8, 4) is 17.1 Å². The number of anilines is 1. The molecule has 0 saturated heterocycles. The first-order valence-corrected chi connectivity index (χ1v) is 13.5. The lowest BCUT2D eigenvalue weighted by Crippen LogP contribution is -2.28. The fraction of sp³-hybridized carbons (Fsp3) is 0.188. The molecule has 4 aromatic carbocycles. The third kappa shape index (κ3) is 3.91. The molecule has 1 fully saturated rings. The summed E-state index contributed by atoms with van der Waals surface area (Å²) in [6.07, 6.45) is 2.90. The van der Waals surface area contributed by atoms with Crippen molar-refractivity contribution in [2.75, 3.05) is 11.9 Å². The minimum atomic E-state index is -0.501. The predicted octanol–water partition coefficient (Wildman–Crippen LogP) is 6.14. The van der Waals surface area contributed by atoms with E-state index in [-0.39, 0.29) is 24.4 Å². The third-order valence-electron chi connectivity index (χ3n) is 8.16. The Morgan fingerprint density at radius 3 is 2.75 bits per heavy atom. The van der Waals surface area contributed by atoms with Crippen LogP contribution in [0.15, 0.2) is 78.9 Å². The van der Waals surface area contributed by atoms with Crippen LogP contribution in [0.4, 0.5) is 10.1 Å². The average molecular weight is 534 g/mol. The SMILES string of the molecule is NC(=O)c1ccc(-n2c3ccccc3c3c(-c4nc5ccc(F)cc5[nH]4)cccc32)cc1N[C@H]1CCC[C@H]1CO. The van der Waals surface area contributed by atoms with Gasteiger partial charge in [-0.2, -0.15) is 0 Å². The van der Waals surface area contributed by atoms with Crippen molar-refractivity contribution in [3.05, 3.63) is 90.2 Å². The topological polar surface area (TPSA) is 109 Å². The van der Waals surface area contributed by atoms with Gasteiger partial charge in [0.25, 0.3) is 5.91 Å². The van der Waals surface area contributed by atoms with Crippen LogP contribution in [-0.4, -0.2) is 38.2 Å². The zero-order valence-corrected chi connectivity index (χ0v) is 21.7. The van der Waals surface area contributed by atoms with E-state index in [1.807, 2.05) is 36.4 Å². The van der Waals surface area contributed by atoms with Gasteiger partial charge in [0.15, 0.2) is 0 Å². The molecule has 200 valence electrons. The van der Waals surface area contributed by atoms with Crippen LogP contribution in [0.1, 0.15) is 29.6 Å². The minimum absolute atomic E-state index is 0.0704. The summed E-state index contributed by atoms with van der Waals surface area (Å²) in [6.45, 7) is 0.105. The number of carbonyl (C=O) groups excluding carboxylic acids is 1. The van der Waals surface area contributed by atoms with Gasteiger partial charge in [0.1, 0.15) is 11.6 Å². The number of carbonyl (C=O) groups is 1. The summed E-state index contributed by atoms with van der Waals surface area (Å²) in [5.74, 6) is -0.0167. The lowest BCUT2D eigenvalue weighted by Gasteiger charge is -2.22. The van der Waals surface area contributed by atoms with E-state index in [0.29, 0.717) is 28.1 Å². The number of aliphatic hydroxyl groups is 1. The van der Waals surface area contributed by atoms with Crippen LogP contribution in [-0.2, 0) is 0 Å². The molecule has 2 heterocycles. The van der Waals surface area contributed by atoms with Gasteiger partial charge in [0.2, 0.25) is 0 Å². The third-order valence-corrected chi connectivity index (χ3v) is 8.16. The molecule has 2 aromatic heterocycles. The smallest absolute Gasteiger partial charge is 0.250 e. The minimum Gasteiger partial charge on any atom is -0.396 e. The van der Waals surface area contributed by atoms with E-state index in [1.165, 1.54) is 12.1 Å². The van der Waals surface area contributed by atoms with E-state index in [0.717, 1.165) is 52.3 Å². The van der Waals surface area contributed by atoms with E-state index in [9.17, 15) is 14.3 Å². The fourth-order valence-corrected chi connectivity index (χ4v) is 6.25. The normalized spacial score (nSPS) is 17.2. The number of aliphatic hydroxyl groups excluding tert-OH is 1. The van der Waals surface area contributed by atoms with E-state index in [4.69, 9.17) is 10.7 Å². The Kier molecular flexibility index (Phi) is 5.78. The first-order chi connectivity index (χ1) is 19.5. The average Bonchev–Trinajstić information content (AvgIpc) is 3.67. The van der Waals surface area contributed by atoms with Crippen molar-refractivity contribution in [3.63, 3.8) is 0 Å². The second kappa shape index (κ2) is 9.50. The van der Waals surface area contributed by atoms with Gasteiger partial charge in [-0.25, -0.2) is 9.37 Å². The van der Waals surface area contributed by atoms with Crippen molar-refractivity contribution in [2.45, 2.75) is 25.3 Å². The summed E-state index contributed by atoms with van der Waals surface area (Å²) in [5, 5.41) is 15.4. The number of rotatable bonds is 6. The highest BCUT2D eigenvalue weighted by atomic mass is 19.1. The number of aromatic amines is 1. The summed E-state index contributed by atoms with van der Waals surface area (Å²) in [7, 11) is 0. The molecular formula is C32H28FN5O2. The molecule has 7 rings (SSSR count). The monoisotopic (exact) mass is 533 g/mol. The molecule has 2 atom stereocenters. The fourth-order valence-electron chi connectivity index (χ4n) is 6.25. The summed E-state index contributed by atoms with van der Waals surface area (Å²) >= 11 is 0. The number of para-hydroxylation sites is 1. The standard InChI is InChI=1S/C32H28FN5O2/c33-19-11-14-25-27(15-19)37-32(36-25)23-7-4-10-29-30(23)22-6-1-2-9-28(22)38(29)20-12-13-21(31(34)40)26(16-20)35-24-8-3-5-18(24)17-39/h1-2,4,6-7,9-16,18,24,35,39H,3,5,8,17H2,(H2,34,40)(H,36,37)/t18-,24-/m0/s1. The van der Waals surface area contributed by atoms with Gasteiger partial charge in [-0.1, -0.05) is 36.8 Å². The van der Waals surface area contributed by atoms with E-state index >= 15 is 0 Å². The summed E-state index contributed by atoms with van der Waals surface area (Å²) in [6, 6.07) is 24.5. The number of fused-ring (bicyclic) bond motifs is 4. The number of halogens is 1. The maximum Gasteiger partial charge on any atom is 0.250 e. The number of hydrogen-bond acceptors (Lipinski definition) is 4. The van der Waals surface area contributed by atoms with Crippen LogP contribution in [0.3, 0.4) is 0 Å². The second-order valence-corrected chi connectivity index (χ2v) is 10.5. The number of aromatic nitrogens is 3. The molecule has 0 bridgehead atoms. The molecule has 1 amide bonds. The second-order valence-electron chi connectivity index (χ2n) is 10.5. The highest BCUT2D eigenvalue weighted by Crippen LogP contribution is 2.39. The van der Waals surface area contributed by atoms with Crippen LogP contribution in [0.25, 0.3) is 49.9 Å². The van der Waals surface area contributed by atoms with Gasteiger partial charge in [-0.3, -0.25) is 4.79 Å². The maximum atomic E-state index is 13.9. The van der Waals surface area contributed by atoms with Gasteiger partial charge in [-0.15, -0.1) is 0 Å². The zero-order valence-electron chi connectivity index (χ0n) is 21.7. The lowest BCUT2D eigenvalue weighted by molar-refractivity contribution is 0.100. The van der Waals surface area contributed by atoms with Crippen molar-refractivity contribution < 1.29 is 14.3 Å². The van der Waals surface area contributed by atoms with Gasteiger partial charge < -0.3 is 25.7 Å². The lowest BCUT2D eigenvalue weighted by atomic mass is 10.0. The quantitative estimate of drug-likeness (QED) is 0.206. The molecule has 7 nitrogen and oxygen atoms in total. The largest absolute Gasteiger partial charge is 0.396 e. The molecule has 6 aromatic rings. The summed E-state index contributed by atoms with van der Waals surface area (Å²) in [5.41, 5.74) is 11.9. The number of nitrogens with two attached hydrogens (primary N) is 1. The highest BCUT2D eigenvalue weighted by Gasteiger charge is 2.28. The van der Waals surface area contributed by atoms with Crippen LogP contribution in [0.2, 0.25) is 0 Å². The number of H-pyrrole nitrogens is 1. The first-order valence-electron chi connectivity index (χ1n) is 13.5. The molecule has 0 unspecified atom stereocenters. The van der Waals surface area contributed by atoms with Gasteiger partial charge in [-0.05, 0) is 61.4 Å². The van der Waals surface area contributed by atoms with Crippen molar-refractivity contribution in [1.82, 2.24) is 14.5 Å². The number of nitrogens with one attached hydrogen (secondary N) is 2. The van der Waals surface area contributed by atoms with Gasteiger partial charge >= 0.3 is 0 Å². The molecule has 1 aliphatic rings. The Bertz CT molecular complexity index is 1920. The molecule has 40 heavy (non-hydrogen) atoms. The molecular weight excluding hydrogens is 505 g/mol. The number of nitrogens with zero attached hydrogens (tertiary/aromatic N) is 2. The van der Waals surface area contributed by atoms with Crippen LogP contribution in [0, 0.1) is 11.7 Å². The predicted molar refractivity (Wildman–Crippen MR) is 156 cm³/mol.